The first-order chi connectivity index (χ1) is 15.7. The molecule has 4 heteroatoms. The molecular formula is C28H32N4. The van der Waals surface area contributed by atoms with E-state index < -0.39 is 0 Å². The number of likely N-dealkylation sites (N-methyl/N-ethyl adjacent to an activating group) is 1. The standard InChI is InChI=1S/C28H32N4/c1-31-15-5-8-21(31)17-19-7-3-11-24-22(19)9-4-10-23(24)20-13-14-25-26(18-20)30-28(29-25)27-12-6-16-32(27)2/h3-4,7,9-11,13-14,18,21,27H,5-6,8,12,15-17H2,1-2H3,(H,29,30). The molecule has 4 aromatic rings. The predicted octanol–water partition coefficient (Wildman–Crippen LogP) is 5.79. The number of nitrogens with one attached hydrogen (secondary N) is 1. The van der Waals surface area contributed by atoms with E-state index in [1.165, 1.54) is 59.7 Å². The molecule has 2 aliphatic heterocycles. The smallest absolute Gasteiger partial charge is 0.124 e. The van der Waals surface area contributed by atoms with Gasteiger partial charge in [0.1, 0.15) is 5.82 Å². The van der Waals surface area contributed by atoms with Gasteiger partial charge in [0.2, 0.25) is 0 Å². The van der Waals surface area contributed by atoms with Gasteiger partial charge in [0.05, 0.1) is 17.1 Å². The Balaban J connectivity index is 1.39. The third-order valence-electron chi connectivity index (χ3n) is 7.79. The first kappa shape index (κ1) is 20.0. The van der Waals surface area contributed by atoms with Gasteiger partial charge in [0, 0.05) is 6.04 Å². The maximum Gasteiger partial charge on any atom is 0.124 e. The average Bonchev–Trinajstić information content (AvgIpc) is 3.53. The third kappa shape index (κ3) is 3.42. The van der Waals surface area contributed by atoms with Crippen LogP contribution >= 0.6 is 0 Å². The van der Waals surface area contributed by atoms with Crippen LogP contribution in [-0.2, 0) is 6.42 Å². The van der Waals surface area contributed by atoms with Gasteiger partial charge in [-0.15, -0.1) is 0 Å². The fourth-order valence-corrected chi connectivity index (χ4v) is 5.91. The van der Waals surface area contributed by atoms with E-state index in [-0.39, 0.29) is 0 Å². The van der Waals surface area contributed by atoms with Gasteiger partial charge < -0.3 is 9.88 Å². The monoisotopic (exact) mass is 424 g/mol. The van der Waals surface area contributed by atoms with Gasteiger partial charge in [-0.1, -0.05) is 42.5 Å². The Labute approximate surface area is 190 Å². The maximum absolute atomic E-state index is 4.92. The normalized spacial score (nSPS) is 22.4. The zero-order valence-electron chi connectivity index (χ0n) is 19.1. The van der Waals surface area contributed by atoms with E-state index in [0.717, 1.165) is 29.8 Å². The van der Waals surface area contributed by atoms with Crippen LogP contribution in [0.4, 0.5) is 0 Å². The number of H-pyrrole nitrogens is 1. The molecule has 4 nitrogen and oxygen atoms in total. The Bertz CT molecular complexity index is 1270. The van der Waals surface area contributed by atoms with Crippen LogP contribution in [0.25, 0.3) is 32.9 Å². The van der Waals surface area contributed by atoms with Crippen LogP contribution in [0.1, 0.15) is 43.1 Å². The summed E-state index contributed by atoms with van der Waals surface area (Å²) in [6.45, 7) is 2.38. The second kappa shape index (κ2) is 8.02. The van der Waals surface area contributed by atoms with Crippen LogP contribution in [-0.4, -0.2) is 53.0 Å². The van der Waals surface area contributed by atoms with Gasteiger partial charge in [0.25, 0.3) is 0 Å². The van der Waals surface area contributed by atoms with Gasteiger partial charge in [-0.2, -0.15) is 0 Å². The molecule has 3 aromatic carbocycles. The van der Waals surface area contributed by atoms with Gasteiger partial charge >= 0.3 is 0 Å². The zero-order chi connectivity index (χ0) is 21.7. The highest BCUT2D eigenvalue weighted by molar-refractivity contribution is 5.99. The number of aromatic amines is 1. The van der Waals surface area contributed by atoms with Crippen molar-refractivity contribution in [1.29, 1.82) is 0 Å². The lowest BCUT2D eigenvalue weighted by molar-refractivity contribution is 0.307. The van der Waals surface area contributed by atoms with Gasteiger partial charge in [-0.25, -0.2) is 4.98 Å². The van der Waals surface area contributed by atoms with Gasteiger partial charge in [-0.3, -0.25) is 4.90 Å². The van der Waals surface area contributed by atoms with E-state index in [1.807, 2.05) is 0 Å². The number of fused-ring (bicyclic) bond motifs is 2. The second-order valence-electron chi connectivity index (χ2n) is 9.79. The van der Waals surface area contributed by atoms with Crippen molar-refractivity contribution in [3.8, 4) is 11.1 Å². The van der Waals surface area contributed by atoms with Crippen molar-refractivity contribution in [2.45, 2.75) is 44.2 Å². The first-order valence-corrected chi connectivity index (χ1v) is 12.1. The lowest BCUT2D eigenvalue weighted by Gasteiger charge is -2.20. The van der Waals surface area contributed by atoms with Crippen LogP contribution in [0.3, 0.4) is 0 Å². The number of rotatable bonds is 4. The number of likely N-dealkylation sites (tertiary alicyclic amines) is 2. The molecule has 0 spiro atoms. The second-order valence-corrected chi connectivity index (χ2v) is 9.79. The molecule has 6 rings (SSSR count). The van der Waals surface area contributed by atoms with E-state index in [0.29, 0.717) is 12.1 Å². The summed E-state index contributed by atoms with van der Waals surface area (Å²) in [5.74, 6) is 1.11. The predicted molar refractivity (Wildman–Crippen MR) is 133 cm³/mol. The number of hydrogen-bond donors (Lipinski definition) is 1. The van der Waals surface area contributed by atoms with Crippen molar-refractivity contribution >= 4 is 21.8 Å². The van der Waals surface area contributed by atoms with Crippen molar-refractivity contribution in [1.82, 2.24) is 19.8 Å². The largest absolute Gasteiger partial charge is 0.341 e. The molecule has 0 aliphatic carbocycles. The highest BCUT2D eigenvalue weighted by atomic mass is 15.2. The van der Waals surface area contributed by atoms with Crippen LogP contribution in [0.5, 0.6) is 0 Å². The summed E-state index contributed by atoms with van der Waals surface area (Å²) in [6, 6.07) is 21.4. The van der Waals surface area contributed by atoms with Gasteiger partial charge in [0.15, 0.2) is 0 Å². The number of aromatic nitrogens is 2. The van der Waals surface area contributed by atoms with Gasteiger partial charge in [-0.05, 0) is 98.9 Å². The maximum atomic E-state index is 4.92. The summed E-state index contributed by atoms with van der Waals surface area (Å²) in [6.07, 6.45) is 6.20. The highest BCUT2D eigenvalue weighted by Crippen LogP contribution is 2.34. The fraction of sp³-hybridized carbons (Fsp3) is 0.393. The quantitative estimate of drug-likeness (QED) is 0.451. The zero-order valence-corrected chi connectivity index (χ0v) is 19.1. The minimum Gasteiger partial charge on any atom is -0.341 e. The molecule has 2 atom stereocenters. The average molecular weight is 425 g/mol. The van der Waals surface area contributed by atoms with Crippen molar-refractivity contribution in [3.63, 3.8) is 0 Å². The summed E-state index contributed by atoms with van der Waals surface area (Å²) in [7, 11) is 4.47. The molecule has 0 amide bonds. The van der Waals surface area contributed by atoms with E-state index in [2.05, 4.69) is 83.5 Å². The van der Waals surface area contributed by atoms with Crippen LogP contribution in [0.2, 0.25) is 0 Å². The van der Waals surface area contributed by atoms with E-state index >= 15 is 0 Å². The Morgan fingerprint density at radius 2 is 1.72 bits per heavy atom. The summed E-state index contributed by atoms with van der Waals surface area (Å²) in [5, 5.41) is 2.74. The molecule has 0 saturated carbocycles. The van der Waals surface area contributed by atoms with Crippen molar-refractivity contribution in [2.75, 3.05) is 27.2 Å². The number of benzene rings is 3. The topological polar surface area (TPSA) is 35.2 Å². The Hall–Kier alpha value is -2.69. The van der Waals surface area contributed by atoms with Crippen LogP contribution in [0, 0.1) is 0 Å². The lowest BCUT2D eigenvalue weighted by Crippen LogP contribution is -2.26. The Morgan fingerprint density at radius 3 is 2.53 bits per heavy atom. The molecule has 1 aromatic heterocycles. The third-order valence-corrected chi connectivity index (χ3v) is 7.79. The first-order valence-electron chi connectivity index (χ1n) is 12.1. The SMILES string of the molecule is CN1CCCC1Cc1cccc2c(-c3ccc4nc(C5CCCN5C)[nH]c4c3)cccc12. The van der Waals surface area contributed by atoms with E-state index in [1.54, 1.807) is 0 Å². The molecule has 1 N–H and O–H groups in total. The van der Waals surface area contributed by atoms with E-state index in [9.17, 15) is 0 Å². The van der Waals surface area contributed by atoms with Crippen LogP contribution in [0.15, 0.2) is 54.6 Å². The number of hydrogen-bond acceptors (Lipinski definition) is 3. The minimum atomic E-state index is 0.416. The van der Waals surface area contributed by atoms with Crippen molar-refractivity contribution in [2.24, 2.45) is 0 Å². The molecule has 2 aliphatic rings. The van der Waals surface area contributed by atoms with Crippen molar-refractivity contribution < 1.29 is 0 Å². The molecule has 3 heterocycles. The number of nitrogens with zero attached hydrogens (tertiary/aromatic N) is 3. The summed E-state index contributed by atoms with van der Waals surface area (Å²) >= 11 is 0. The minimum absolute atomic E-state index is 0.416. The molecule has 32 heavy (non-hydrogen) atoms. The Kier molecular flexibility index (Phi) is 5.00. The summed E-state index contributed by atoms with van der Waals surface area (Å²) in [4.78, 5) is 13.5. The fourth-order valence-electron chi connectivity index (χ4n) is 5.91. The van der Waals surface area contributed by atoms with Crippen molar-refractivity contribution in [3.05, 3.63) is 66.0 Å². The molecular weight excluding hydrogens is 392 g/mol. The highest BCUT2D eigenvalue weighted by Gasteiger charge is 2.25. The molecule has 164 valence electrons. The molecule has 2 fully saturated rings. The molecule has 0 radical (unpaired) electrons. The Morgan fingerprint density at radius 1 is 0.906 bits per heavy atom. The molecule has 2 saturated heterocycles. The molecule has 2 unspecified atom stereocenters. The molecule has 0 bridgehead atoms. The van der Waals surface area contributed by atoms with E-state index in [4.69, 9.17) is 4.98 Å². The summed E-state index contributed by atoms with van der Waals surface area (Å²) in [5.41, 5.74) is 6.23. The number of imidazole rings is 1. The van der Waals surface area contributed by atoms with Crippen LogP contribution < -0.4 is 0 Å². The lowest BCUT2D eigenvalue weighted by atomic mass is 9.93. The summed E-state index contributed by atoms with van der Waals surface area (Å²) < 4.78 is 0.